The molecule has 0 spiro atoms. The van der Waals surface area contributed by atoms with Gasteiger partial charge in [0.2, 0.25) is 5.78 Å². The predicted octanol–water partition coefficient (Wildman–Crippen LogP) is 2.05. The number of rotatable bonds is 4. The summed E-state index contributed by atoms with van der Waals surface area (Å²) >= 11 is 0. The van der Waals surface area contributed by atoms with E-state index in [2.05, 4.69) is 11.9 Å². The lowest BCUT2D eigenvalue weighted by atomic mass is 10.3. The van der Waals surface area contributed by atoms with Gasteiger partial charge in [0.15, 0.2) is 5.82 Å². The third-order valence-electron chi connectivity index (χ3n) is 1.72. The van der Waals surface area contributed by atoms with Crippen LogP contribution in [0.5, 0.6) is 0 Å². The molecule has 0 atom stereocenters. The predicted molar refractivity (Wildman–Crippen MR) is 51.7 cm³/mol. The van der Waals surface area contributed by atoms with Crippen molar-refractivity contribution in [1.29, 1.82) is 0 Å². The number of carbonyl (C=O) groups excluding carboxylic acids is 1. The van der Waals surface area contributed by atoms with Crippen LogP contribution in [0.1, 0.15) is 30.9 Å². The standard InChI is InChI=1S/C10H14N2O/c1-3-5-9(13)10-11-6-8-12(10)7-4-2/h3,5-6,8H,4,7H2,1-2H3/b5-3+. The third kappa shape index (κ3) is 2.28. The quantitative estimate of drug-likeness (QED) is 0.522. The first-order valence-corrected chi connectivity index (χ1v) is 4.47. The Morgan fingerprint density at radius 3 is 3.08 bits per heavy atom. The number of nitrogens with zero attached hydrogens (tertiary/aromatic N) is 2. The van der Waals surface area contributed by atoms with Gasteiger partial charge in [0.1, 0.15) is 0 Å². The summed E-state index contributed by atoms with van der Waals surface area (Å²) in [5.74, 6) is 0.501. The lowest BCUT2D eigenvalue weighted by molar-refractivity contribution is 0.103. The second-order valence-electron chi connectivity index (χ2n) is 2.81. The van der Waals surface area contributed by atoms with Crippen LogP contribution in [0.3, 0.4) is 0 Å². The smallest absolute Gasteiger partial charge is 0.220 e. The minimum Gasteiger partial charge on any atom is -0.328 e. The number of carbonyl (C=O) groups is 1. The van der Waals surface area contributed by atoms with Gasteiger partial charge < -0.3 is 4.57 Å². The van der Waals surface area contributed by atoms with Crippen molar-refractivity contribution in [3.63, 3.8) is 0 Å². The molecule has 0 aliphatic carbocycles. The van der Waals surface area contributed by atoms with Crippen LogP contribution in [-0.4, -0.2) is 15.3 Å². The van der Waals surface area contributed by atoms with E-state index in [1.807, 2.05) is 17.7 Å². The Morgan fingerprint density at radius 1 is 1.69 bits per heavy atom. The van der Waals surface area contributed by atoms with Crippen LogP contribution >= 0.6 is 0 Å². The molecular formula is C10H14N2O. The number of aryl methyl sites for hydroxylation is 1. The van der Waals surface area contributed by atoms with E-state index >= 15 is 0 Å². The zero-order valence-corrected chi connectivity index (χ0v) is 8.03. The Kier molecular flexibility index (Phi) is 3.43. The van der Waals surface area contributed by atoms with Crippen molar-refractivity contribution in [1.82, 2.24) is 9.55 Å². The monoisotopic (exact) mass is 178 g/mol. The van der Waals surface area contributed by atoms with Gasteiger partial charge in [-0.05, 0) is 19.4 Å². The highest BCUT2D eigenvalue weighted by Crippen LogP contribution is 2.01. The molecule has 0 radical (unpaired) electrons. The molecule has 1 heterocycles. The van der Waals surface area contributed by atoms with E-state index in [0.717, 1.165) is 13.0 Å². The summed E-state index contributed by atoms with van der Waals surface area (Å²) in [6.07, 6.45) is 7.76. The molecule has 0 aliphatic rings. The number of aromatic nitrogens is 2. The second-order valence-corrected chi connectivity index (χ2v) is 2.81. The van der Waals surface area contributed by atoms with E-state index in [1.54, 1.807) is 12.3 Å². The average molecular weight is 178 g/mol. The summed E-state index contributed by atoms with van der Waals surface area (Å²) in [7, 11) is 0. The summed E-state index contributed by atoms with van der Waals surface area (Å²) in [5, 5.41) is 0. The van der Waals surface area contributed by atoms with Crippen molar-refractivity contribution in [3.8, 4) is 0 Å². The number of hydrogen-bond donors (Lipinski definition) is 0. The van der Waals surface area contributed by atoms with Gasteiger partial charge in [-0.15, -0.1) is 0 Å². The lowest BCUT2D eigenvalue weighted by Gasteiger charge is -2.01. The number of imidazole rings is 1. The molecule has 0 aromatic carbocycles. The Balaban J connectivity index is 2.86. The fourth-order valence-corrected chi connectivity index (χ4v) is 1.18. The number of ketones is 1. The van der Waals surface area contributed by atoms with Gasteiger partial charge in [-0.25, -0.2) is 4.98 Å². The maximum Gasteiger partial charge on any atom is 0.220 e. The molecule has 0 amide bonds. The number of allylic oxidation sites excluding steroid dienone is 2. The van der Waals surface area contributed by atoms with Gasteiger partial charge >= 0.3 is 0 Å². The Morgan fingerprint density at radius 2 is 2.46 bits per heavy atom. The topological polar surface area (TPSA) is 34.9 Å². The average Bonchev–Trinajstić information content (AvgIpc) is 2.54. The van der Waals surface area contributed by atoms with Gasteiger partial charge in [-0.1, -0.05) is 13.0 Å². The zero-order valence-electron chi connectivity index (χ0n) is 8.03. The fraction of sp³-hybridized carbons (Fsp3) is 0.400. The minimum atomic E-state index is -0.0269. The van der Waals surface area contributed by atoms with Crippen molar-refractivity contribution < 1.29 is 4.79 Å². The molecule has 1 aromatic heterocycles. The van der Waals surface area contributed by atoms with Crippen molar-refractivity contribution in [2.24, 2.45) is 0 Å². The molecule has 0 saturated carbocycles. The van der Waals surface area contributed by atoms with Crippen molar-refractivity contribution >= 4 is 5.78 Å². The molecule has 13 heavy (non-hydrogen) atoms. The van der Waals surface area contributed by atoms with E-state index in [-0.39, 0.29) is 5.78 Å². The summed E-state index contributed by atoms with van der Waals surface area (Å²) in [6, 6.07) is 0. The third-order valence-corrected chi connectivity index (χ3v) is 1.72. The van der Waals surface area contributed by atoms with Crippen LogP contribution in [-0.2, 0) is 6.54 Å². The molecule has 1 rings (SSSR count). The van der Waals surface area contributed by atoms with Gasteiger partial charge in [0, 0.05) is 18.9 Å². The van der Waals surface area contributed by atoms with Crippen molar-refractivity contribution in [2.75, 3.05) is 0 Å². The van der Waals surface area contributed by atoms with E-state index in [9.17, 15) is 4.79 Å². The van der Waals surface area contributed by atoms with Gasteiger partial charge in [-0.3, -0.25) is 4.79 Å². The van der Waals surface area contributed by atoms with Gasteiger partial charge in [0.25, 0.3) is 0 Å². The molecule has 0 unspecified atom stereocenters. The van der Waals surface area contributed by atoms with E-state index in [0.29, 0.717) is 5.82 Å². The van der Waals surface area contributed by atoms with Crippen LogP contribution in [0.4, 0.5) is 0 Å². The number of hydrogen-bond acceptors (Lipinski definition) is 2. The van der Waals surface area contributed by atoms with Crippen LogP contribution < -0.4 is 0 Å². The second kappa shape index (κ2) is 4.60. The Bertz CT molecular complexity index is 312. The van der Waals surface area contributed by atoms with Crippen LogP contribution in [0.25, 0.3) is 0 Å². The minimum absolute atomic E-state index is 0.0269. The first-order valence-electron chi connectivity index (χ1n) is 4.47. The van der Waals surface area contributed by atoms with Crippen LogP contribution in [0.15, 0.2) is 24.5 Å². The molecule has 70 valence electrons. The van der Waals surface area contributed by atoms with Crippen LogP contribution in [0, 0.1) is 0 Å². The van der Waals surface area contributed by atoms with Crippen LogP contribution in [0.2, 0.25) is 0 Å². The highest BCUT2D eigenvalue weighted by atomic mass is 16.1. The van der Waals surface area contributed by atoms with E-state index in [4.69, 9.17) is 0 Å². The van der Waals surface area contributed by atoms with Gasteiger partial charge in [-0.2, -0.15) is 0 Å². The fourth-order valence-electron chi connectivity index (χ4n) is 1.18. The normalized spacial score (nSPS) is 10.9. The molecule has 3 heteroatoms. The SMILES string of the molecule is C/C=C/C(=O)c1nccn1CCC. The first kappa shape index (κ1) is 9.71. The Hall–Kier alpha value is -1.38. The molecule has 0 bridgehead atoms. The largest absolute Gasteiger partial charge is 0.328 e. The highest BCUT2D eigenvalue weighted by molar-refractivity contribution is 6.01. The molecule has 1 aromatic rings. The van der Waals surface area contributed by atoms with E-state index in [1.165, 1.54) is 6.08 Å². The summed E-state index contributed by atoms with van der Waals surface area (Å²) in [6.45, 7) is 4.74. The maximum atomic E-state index is 11.4. The molecular weight excluding hydrogens is 164 g/mol. The lowest BCUT2D eigenvalue weighted by Crippen LogP contribution is -2.07. The molecule has 0 fully saturated rings. The van der Waals surface area contributed by atoms with Crippen molar-refractivity contribution in [2.45, 2.75) is 26.8 Å². The molecule has 0 aliphatic heterocycles. The summed E-state index contributed by atoms with van der Waals surface area (Å²) in [5.41, 5.74) is 0. The maximum absolute atomic E-state index is 11.4. The van der Waals surface area contributed by atoms with Gasteiger partial charge in [0.05, 0.1) is 0 Å². The van der Waals surface area contributed by atoms with E-state index < -0.39 is 0 Å². The molecule has 0 saturated heterocycles. The Labute approximate surface area is 78.1 Å². The highest BCUT2D eigenvalue weighted by Gasteiger charge is 2.07. The molecule has 3 nitrogen and oxygen atoms in total. The summed E-state index contributed by atoms with van der Waals surface area (Å²) < 4.78 is 1.88. The molecule has 0 N–H and O–H groups in total. The first-order chi connectivity index (χ1) is 6.29. The van der Waals surface area contributed by atoms with Crippen molar-refractivity contribution in [3.05, 3.63) is 30.4 Å². The zero-order chi connectivity index (χ0) is 9.68. The summed E-state index contributed by atoms with van der Waals surface area (Å²) in [4.78, 5) is 15.4.